The van der Waals surface area contributed by atoms with E-state index in [0.717, 1.165) is 20.8 Å². The standard InChI is InChI=1S/C24H41N3O16/c1-7(29)25-13-19(35)17(33)11(41-22(13)38)5-39-24-15(27-9(3)31)21(37)18(34)12(43-24)6-40-23-14(26-8(2)30)20(36)16(32)10(4-28)42-23/h10-24,28,32-38H,4-6H2,1-3H3,(H,25,29)(H,26,30)(H,27,31)/t10-,11-,12-,13-,14-,15-,16-,17-,18-,19-,20-,21-,22?,23-,24-/m1/s1. The SMILES string of the molecule is CC(=O)N[C@H]1[C@H](OC[C@H]2O[C@@H](OC[C@H]3OC(O)[C@H](NC(C)=O)[C@@H](O)[C@@H]3O)[C@H](NC(C)=O)[C@@H](O)[C@@H]2O)O[C@H](CO)[C@@H](O)[C@@H]1O. The van der Waals surface area contributed by atoms with Crippen molar-refractivity contribution in [3.63, 3.8) is 0 Å². The van der Waals surface area contributed by atoms with Crippen LogP contribution in [0.3, 0.4) is 0 Å². The van der Waals surface area contributed by atoms with Crippen molar-refractivity contribution in [3.8, 4) is 0 Å². The molecule has 0 aromatic carbocycles. The third kappa shape index (κ3) is 8.54. The Hall–Kier alpha value is -2.11. The van der Waals surface area contributed by atoms with Crippen LogP contribution in [0.2, 0.25) is 0 Å². The van der Waals surface area contributed by atoms with E-state index in [-0.39, 0.29) is 0 Å². The lowest BCUT2D eigenvalue weighted by molar-refractivity contribution is -0.313. The first-order valence-electron chi connectivity index (χ1n) is 13.5. The van der Waals surface area contributed by atoms with E-state index in [1.54, 1.807) is 0 Å². The molecule has 1 unspecified atom stereocenters. The van der Waals surface area contributed by atoms with Gasteiger partial charge in [0.2, 0.25) is 17.7 Å². The molecule has 19 nitrogen and oxygen atoms in total. The van der Waals surface area contributed by atoms with Gasteiger partial charge in [0.25, 0.3) is 0 Å². The number of carbonyl (C=O) groups excluding carboxylic acids is 3. The summed E-state index contributed by atoms with van der Waals surface area (Å²) in [6.07, 6.45) is -18.6. The molecule has 0 spiro atoms. The molecule has 3 fully saturated rings. The Morgan fingerprint density at radius 3 is 1.33 bits per heavy atom. The van der Waals surface area contributed by atoms with E-state index in [1.165, 1.54) is 0 Å². The minimum atomic E-state index is -1.73. The minimum absolute atomic E-state index is 0.565. The predicted molar refractivity (Wildman–Crippen MR) is 136 cm³/mol. The summed E-state index contributed by atoms with van der Waals surface area (Å²) in [6, 6.07) is -4.00. The van der Waals surface area contributed by atoms with Crippen LogP contribution in [-0.2, 0) is 38.1 Å². The first-order valence-corrected chi connectivity index (χ1v) is 13.5. The van der Waals surface area contributed by atoms with Crippen LogP contribution in [0.5, 0.6) is 0 Å². The van der Waals surface area contributed by atoms with Gasteiger partial charge in [0.1, 0.15) is 73.1 Å². The number of rotatable bonds is 10. The number of aliphatic hydroxyl groups is 8. The Kier molecular flexibility index (Phi) is 12.5. The van der Waals surface area contributed by atoms with Crippen molar-refractivity contribution in [2.45, 2.75) is 113 Å². The van der Waals surface area contributed by atoms with Crippen molar-refractivity contribution in [1.29, 1.82) is 0 Å². The molecule has 0 aromatic rings. The maximum atomic E-state index is 11.8. The second-order valence-corrected chi connectivity index (χ2v) is 10.6. The van der Waals surface area contributed by atoms with Gasteiger partial charge < -0.3 is 80.5 Å². The summed E-state index contributed by atoms with van der Waals surface area (Å²) in [4.78, 5) is 34.8. The number of aliphatic hydroxyl groups excluding tert-OH is 8. The third-order valence-electron chi connectivity index (χ3n) is 7.26. The second kappa shape index (κ2) is 15.3. The molecule has 3 heterocycles. The van der Waals surface area contributed by atoms with Crippen molar-refractivity contribution >= 4 is 17.7 Å². The predicted octanol–water partition coefficient (Wildman–Crippen LogP) is -7.14. The summed E-state index contributed by atoms with van der Waals surface area (Å²) in [5.74, 6) is -1.82. The first kappa shape index (κ1) is 35.4. The molecule has 3 amide bonds. The zero-order chi connectivity index (χ0) is 32.2. The fraction of sp³-hybridized carbons (Fsp3) is 0.875. The maximum Gasteiger partial charge on any atom is 0.217 e. The van der Waals surface area contributed by atoms with Gasteiger partial charge in [-0.3, -0.25) is 14.4 Å². The molecular formula is C24H41N3O16. The lowest BCUT2D eigenvalue weighted by Crippen LogP contribution is -2.67. The van der Waals surface area contributed by atoms with E-state index in [4.69, 9.17) is 23.7 Å². The van der Waals surface area contributed by atoms with E-state index in [1.807, 2.05) is 0 Å². The molecule has 3 rings (SSSR count). The summed E-state index contributed by atoms with van der Waals surface area (Å²) >= 11 is 0. The number of hydrogen-bond donors (Lipinski definition) is 11. The van der Waals surface area contributed by atoms with Crippen molar-refractivity contribution < 1.29 is 78.9 Å². The lowest BCUT2D eigenvalue weighted by atomic mass is 9.95. The van der Waals surface area contributed by atoms with Crippen LogP contribution < -0.4 is 16.0 Å². The average Bonchev–Trinajstić information content (AvgIpc) is 2.93. The molecule has 0 aromatic heterocycles. The van der Waals surface area contributed by atoms with Crippen LogP contribution in [-0.4, -0.2) is 170 Å². The largest absolute Gasteiger partial charge is 0.394 e. The normalized spacial score (nSPS) is 43.5. The molecule has 0 bridgehead atoms. The molecule has 15 atom stereocenters. The van der Waals surface area contributed by atoms with E-state index in [0.29, 0.717) is 0 Å². The van der Waals surface area contributed by atoms with E-state index in [2.05, 4.69) is 16.0 Å². The highest BCUT2D eigenvalue weighted by Crippen LogP contribution is 2.27. The molecule has 19 heteroatoms. The smallest absolute Gasteiger partial charge is 0.217 e. The molecule has 43 heavy (non-hydrogen) atoms. The number of carbonyl (C=O) groups is 3. The summed E-state index contributed by atoms with van der Waals surface area (Å²) in [5, 5.41) is 89.8. The number of nitrogens with one attached hydrogen (secondary N) is 3. The minimum Gasteiger partial charge on any atom is -0.394 e. The topological polar surface area (TPSA) is 295 Å². The molecule has 11 N–H and O–H groups in total. The summed E-state index contributed by atoms with van der Waals surface area (Å²) in [5.41, 5.74) is 0. The van der Waals surface area contributed by atoms with Crippen LogP contribution in [0, 0.1) is 0 Å². The molecule has 0 radical (unpaired) electrons. The summed E-state index contributed by atoms with van der Waals surface area (Å²) in [7, 11) is 0. The third-order valence-corrected chi connectivity index (χ3v) is 7.26. The zero-order valence-electron chi connectivity index (χ0n) is 23.6. The van der Waals surface area contributed by atoms with Gasteiger partial charge in [-0.2, -0.15) is 0 Å². The van der Waals surface area contributed by atoms with Crippen molar-refractivity contribution in [2.24, 2.45) is 0 Å². The molecule has 0 aliphatic carbocycles. The number of ether oxygens (including phenoxy) is 5. The number of hydrogen-bond acceptors (Lipinski definition) is 16. The molecule has 3 aliphatic rings. The van der Waals surface area contributed by atoms with Crippen LogP contribution in [0.25, 0.3) is 0 Å². The lowest BCUT2D eigenvalue weighted by Gasteiger charge is -2.45. The first-order chi connectivity index (χ1) is 20.2. The number of amides is 3. The van der Waals surface area contributed by atoms with E-state index < -0.39 is 129 Å². The maximum absolute atomic E-state index is 11.8. The average molecular weight is 628 g/mol. The summed E-state index contributed by atoms with van der Waals surface area (Å²) in [6.45, 7) is 1.58. The van der Waals surface area contributed by atoms with Crippen molar-refractivity contribution in [3.05, 3.63) is 0 Å². The monoisotopic (exact) mass is 627 g/mol. The highest BCUT2D eigenvalue weighted by molar-refractivity contribution is 5.74. The van der Waals surface area contributed by atoms with Crippen LogP contribution in [0.1, 0.15) is 20.8 Å². The summed E-state index contributed by atoms with van der Waals surface area (Å²) < 4.78 is 27.8. The molecule has 3 saturated heterocycles. The Morgan fingerprint density at radius 2 is 0.907 bits per heavy atom. The van der Waals surface area contributed by atoms with E-state index in [9.17, 15) is 55.2 Å². The van der Waals surface area contributed by atoms with E-state index >= 15 is 0 Å². The van der Waals surface area contributed by atoms with Gasteiger partial charge >= 0.3 is 0 Å². The quantitative estimate of drug-likeness (QED) is 0.107. The zero-order valence-corrected chi connectivity index (χ0v) is 23.6. The van der Waals surface area contributed by atoms with Gasteiger partial charge in [0.05, 0.1) is 19.8 Å². The second-order valence-electron chi connectivity index (χ2n) is 10.6. The Bertz CT molecular complexity index is 962. The highest BCUT2D eigenvalue weighted by atomic mass is 16.7. The van der Waals surface area contributed by atoms with Crippen molar-refractivity contribution in [1.82, 2.24) is 16.0 Å². The van der Waals surface area contributed by atoms with Crippen LogP contribution in [0.4, 0.5) is 0 Å². The Morgan fingerprint density at radius 1 is 0.558 bits per heavy atom. The van der Waals surface area contributed by atoms with Crippen LogP contribution in [0.15, 0.2) is 0 Å². The van der Waals surface area contributed by atoms with Crippen LogP contribution >= 0.6 is 0 Å². The molecule has 248 valence electrons. The van der Waals surface area contributed by atoms with Gasteiger partial charge in [-0.05, 0) is 0 Å². The molecular weight excluding hydrogens is 586 g/mol. The fourth-order valence-corrected chi connectivity index (χ4v) is 5.07. The highest BCUT2D eigenvalue weighted by Gasteiger charge is 2.50. The van der Waals surface area contributed by atoms with Gasteiger partial charge in [0.15, 0.2) is 18.9 Å². The molecule has 3 aliphatic heterocycles. The van der Waals surface area contributed by atoms with Crippen molar-refractivity contribution in [2.75, 3.05) is 19.8 Å². The molecule has 0 saturated carbocycles. The van der Waals surface area contributed by atoms with Gasteiger partial charge in [-0.25, -0.2) is 0 Å². The van der Waals surface area contributed by atoms with Gasteiger partial charge in [-0.15, -0.1) is 0 Å². The Labute approximate surface area is 245 Å². The fourth-order valence-electron chi connectivity index (χ4n) is 5.07. The Balaban J connectivity index is 1.72. The van der Waals surface area contributed by atoms with Gasteiger partial charge in [0, 0.05) is 20.8 Å². The van der Waals surface area contributed by atoms with Gasteiger partial charge in [-0.1, -0.05) is 0 Å².